The van der Waals surface area contributed by atoms with E-state index < -0.39 is 5.60 Å². The normalized spacial score (nSPS) is 17.9. The van der Waals surface area contributed by atoms with Gasteiger partial charge in [-0.3, -0.25) is 4.79 Å². The summed E-state index contributed by atoms with van der Waals surface area (Å²) in [5, 5.41) is 2.59. The molecule has 0 spiro atoms. The number of nitrogens with one attached hydrogen (secondary N) is 1. The number of amides is 2. The van der Waals surface area contributed by atoms with E-state index in [1.165, 1.54) is 0 Å². The molecule has 1 fully saturated rings. The number of carbonyl (C=O) groups excluding carboxylic acids is 2. The number of carbonyl (C=O) groups is 2. The zero-order valence-electron chi connectivity index (χ0n) is 13.0. The topological polar surface area (TPSA) is 58.6 Å². The second kappa shape index (κ2) is 5.76. The lowest BCUT2D eigenvalue weighted by Crippen LogP contribution is -2.47. The Bertz CT molecular complexity index is 531. The molecular weight excluding hydrogens is 268 g/mol. The molecule has 21 heavy (non-hydrogen) atoms. The highest BCUT2D eigenvalue weighted by Gasteiger charge is 2.36. The van der Waals surface area contributed by atoms with Gasteiger partial charge in [0.2, 0.25) is 0 Å². The molecule has 1 atom stereocenters. The predicted molar refractivity (Wildman–Crippen MR) is 80.1 cm³/mol. The molecule has 2 rings (SSSR count). The maximum atomic E-state index is 12.1. The van der Waals surface area contributed by atoms with Crippen molar-refractivity contribution in [2.75, 3.05) is 13.6 Å². The van der Waals surface area contributed by atoms with Crippen LogP contribution in [0.5, 0.6) is 0 Å². The van der Waals surface area contributed by atoms with E-state index in [4.69, 9.17) is 4.74 Å². The van der Waals surface area contributed by atoms with Crippen molar-refractivity contribution in [3.8, 4) is 0 Å². The molecule has 1 aliphatic heterocycles. The number of likely N-dealkylation sites (tertiary alicyclic amines) is 1. The van der Waals surface area contributed by atoms with Gasteiger partial charge in [0.15, 0.2) is 0 Å². The largest absolute Gasteiger partial charge is 0.444 e. The fourth-order valence-corrected chi connectivity index (χ4v) is 2.27. The Kier molecular flexibility index (Phi) is 4.21. The second-order valence-corrected chi connectivity index (χ2v) is 6.18. The lowest BCUT2D eigenvalue weighted by atomic mass is 9.94. The SMILES string of the molecule is CNC(=O)c1ccc(C2CCN2C(=O)OC(C)(C)C)cc1. The van der Waals surface area contributed by atoms with Gasteiger partial charge in [0.1, 0.15) is 5.60 Å². The van der Waals surface area contributed by atoms with E-state index in [-0.39, 0.29) is 18.0 Å². The van der Waals surface area contributed by atoms with Crippen LogP contribution < -0.4 is 5.32 Å². The van der Waals surface area contributed by atoms with Gasteiger partial charge in [0.25, 0.3) is 5.91 Å². The smallest absolute Gasteiger partial charge is 0.410 e. The Labute approximate surface area is 125 Å². The molecule has 1 saturated heterocycles. The lowest BCUT2D eigenvalue weighted by Gasteiger charge is -2.41. The maximum absolute atomic E-state index is 12.1. The van der Waals surface area contributed by atoms with Crippen LogP contribution in [0.3, 0.4) is 0 Å². The summed E-state index contributed by atoms with van der Waals surface area (Å²) in [5.41, 5.74) is 1.16. The first-order chi connectivity index (χ1) is 9.81. The average Bonchev–Trinajstić information content (AvgIpc) is 2.35. The third-order valence-corrected chi connectivity index (χ3v) is 3.43. The van der Waals surface area contributed by atoms with Crippen molar-refractivity contribution in [2.45, 2.75) is 38.8 Å². The van der Waals surface area contributed by atoms with Gasteiger partial charge in [0, 0.05) is 19.2 Å². The van der Waals surface area contributed by atoms with Crippen molar-refractivity contribution in [1.29, 1.82) is 0 Å². The summed E-state index contributed by atoms with van der Waals surface area (Å²) in [6.07, 6.45) is 0.632. The van der Waals surface area contributed by atoms with Crippen molar-refractivity contribution >= 4 is 12.0 Å². The fourth-order valence-electron chi connectivity index (χ4n) is 2.27. The van der Waals surface area contributed by atoms with Gasteiger partial charge in [-0.25, -0.2) is 4.79 Å². The molecule has 2 amide bonds. The molecule has 1 aromatic rings. The molecule has 5 heteroatoms. The predicted octanol–water partition coefficient (Wildman–Crippen LogP) is 2.73. The molecule has 1 unspecified atom stereocenters. The van der Waals surface area contributed by atoms with Crippen LogP contribution in [0.2, 0.25) is 0 Å². The van der Waals surface area contributed by atoms with Crippen molar-refractivity contribution in [3.63, 3.8) is 0 Å². The van der Waals surface area contributed by atoms with Crippen LogP contribution in [0.25, 0.3) is 0 Å². The fraction of sp³-hybridized carbons (Fsp3) is 0.500. The summed E-state index contributed by atoms with van der Waals surface area (Å²) in [6, 6.07) is 7.38. The lowest BCUT2D eigenvalue weighted by molar-refractivity contribution is -0.00575. The minimum atomic E-state index is -0.486. The molecule has 0 aromatic heterocycles. The Morgan fingerprint density at radius 3 is 2.29 bits per heavy atom. The van der Waals surface area contributed by atoms with Crippen LogP contribution >= 0.6 is 0 Å². The Hall–Kier alpha value is -2.04. The van der Waals surface area contributed by atoms with Crippen molar-refractivity contribution < 1.29 is 14.3 Å². The van der Waals surface area contributed by atoms with Crippen LogP contribution in [0.15, 0.2) is 24.3 Å². The molecule has 0 aliphatic carbocycles. The molecule has 0 radical (unpaired) electrons. The molecule has 1 N–H and O–H groups in total. The van der Waals surface area contributed by atoms with E-state index in [1.807, 2.05) is 32.9 Å². The highest BCUT2D eigenvalue weighted by atomic mass is 16.6. The van der Waals surface area contributed by atoms with Gasteiger partial charge in [-0.1, -0.05) is 12.1 Å². The summed E-state index contributed by atoms with van der Waals surface area (Å²) in [6.45, 7) is 6.28. The Balaban J connectivity index is 2.05. The van der Waals surface area contributed by atoms with E-state index in [2.05, 4.69) is 5.32 Å². The highest BCUT2D eigenvalue weighted by molar-refractivity contribution is 5.93. The van der Waals surface area contributed by atoms with Gasteiger partial charge >= 0.3 is 6.09 Å². The monoisotopic (exact) mass is 290 g/mol. The highest BCUT2D eigenvalue weighted by Crippen LogP contribution is 2.34. The van der Waals surface area contributed by atoms with Crippen LogP contribution in [-0.2, 0) is 4.74 Å². The summed E-state index contributed by atoms with van der Waals surface area (Å²) in [5.74, 6) is -0.112. The molecule has 1 aliphatic rings. The molecule has 0 saturated carbocycles. The van der Waals surface area contributed by atoms with Crippen molar-refractivity contribution in [1.82, 2.24) is 10.2 Å². The van der Waals surface area contributed by atoms with Crippen molar-refractivity contribution in [3.05, 3.63) is 35.4 Å². The minimum absolute atomic E-state index is 0.0404. The van der Waals surface area contributed by atoms with Crippen LogP contribution in [0, 0.1) is 0 Å². The zero-order chi connectivity index (χ0) is 15.6. The standard InChI is InChI=1S/C16H22N2O3/c1-16(2,3)21-15(20)18-10-9-13(18)11-5-7-12(8-6-11)14(19)17-4/h5-8,13H,9-10H2,1-4H3,(H,17,19). The Morgan fingerprint density at radius 2 is 1.86 bits per heavy atom. The van der Waals surface area contributed by atoms with Crippen LogP contribution in [-0.4, -0.2) is 36.1 Å². The molecule has 5 nitrogen and oxygen atoms in total. The van der Waals surface area contributed by atoms with Gasteiger partial charge in [-0.2, -0.15) is 0 Å². The summed E-state index contributed by atoms with van der Waals surface area (Å²) < 4.78 is 5.40. The number of hydrogen-bond acceptors (Lipinski definition) is 3. The van der Waals surface area contributed by atoms with Crippen LogP contribution in [0.4, 0.5) is 4.79 Å². The first-order valence-corrected chi connectivity index (χ1v) is 7.13. The molecule has 1 heterocycles. The number of ether oxygens (including phenoxy) is 1. The van der Waals surface area contributed by atoms with E-state index >= 15 is 0 Å². The zero-order valence-corrected chi connectivity index (χ0v) is 13.0. The van der Waals surface area contributed by atoms with Gasteiger partial charge in [-0.05, 0) is 44.9 Å². The first kappa shape index (κ1) is 15.4. The number of benzene rings is 1. The number of hydrogen-bond donors (Lipinski definition) is 1. The summed E-state index contributed by atoms with van der Waals surface area (Å²) in [7, 11) is 1.60. The maximum Gasteiger partial charge on any atom is 0.410 e. The number of nitrogens with zero attached hydrogens (tertiary/aromatic N) is 1. The quantitative estimate of drug-likeness (QED) is 0.911. The minimum Gasteiger partial charge on any atom is -0.444 e. The van der Waals surface area contributed by atoms with Gasteiger partial charge in [-0.15, -0.1) is 0 Å². The summed E-state index contributed by atoms with van der Waals surface area (Å²) in [4.78, 5) is 25.3. The number of rotatable bonds is 2. The third-order valence-electron chi connectivity index (χ3n) is 3.43. The van der Waals surface area contributed by atoms with E-state index in [1.54, 1.807) is 24.1 Å². The van der Waals surface area contributed by atoms with Crippen molar-refractivity contribution in [2.24, 2.45) is 0 Å². The first-order valence-electron chi connectivity index (χ1n) is 7.13. The van der Waals surface area contributed by atoms with Gasteiger partial charge in [0.05, 0.1) is 6.04 Å². The Morgan fingerprint density at radius 1 is 1.24 bits per heavy atom. The van der Waals surface area contributed by atoms with Gasteiger partial charge < -0.3 is 15.0 Å². The third kappa shape index (κ3) is 3.54. The van der Waals surface area contributed by atoms with Crippen LogP contribution in [0.1, 0.15) is 49.2 Å². The molecular formula is C16H22N2O3. The summed E-state index contributed by atoms with van der Waals surface area (Å²) >= 11 is 0. The van der Waals surface area contributed by atoms with E-state index in [0.717, 1.165) is 12.0 Å². The van der Waals surface area contributed by atoms with E-state index in [0.29, 0.717) is 12.1 Å². The molecule has 0 bridgehead atoms. The molecule has 114 valence electrons. The molecule has 1 aromatic carbocycles. The average molecular weight is 290 g/mol. The second-order valence-electron chi connectivity index (χ2n) is 6.18. The van der Waals surface area contributed by atoms with E-state index in [9.17, 15) is 9.59 Å².